The fraction of sp³-hybridized carbons (Fsp3) is 0.467. The van der Waals surface area contributed by atoms with Crippen molar-refractivity contribution >= 4 is 6.08 Å². The molecular weight excluding hydrogens is 180 g/mol. The monoisotopic (exact) mass is 198 g/mol. The number of hydrogen-bond acceptors (Lipinski definition) is 0. The van der Waals surface area contributed by atoms with Gasteiger partial charge in [-0.05, 0) is 43.1 Å². The first-order valence-corrected chi connectivity index (χ1v) is 6.16. The molecule has 2 saturated carbocycles. The summed E-state index contributed by atoms with van der Waals surface area (Å²) in [4.78, 5) is 0. The highest BCUT2D eigenvalue weighted by atomic mass is 14.4. The molecule has 1 aromatic carbocycles. The second-order valence-corrected chi connectivity index (χ2v) is 5.07. The topological polar surface area (TPSA) is 0 Å². The summed E-state index contributed by atoms with van der Waals surface area (Å²) in [5, 5.41) is 0. The fourth-order valence-electron chi connectivity index (χ4n) is 3.31. The average Bonchev–Trinajstić information content (AvgIpc) is 2.79. The molecule has 0 amide bonds. The Kier molecular flexibility index (Phi) is 2.36. The highest BCUT2D eigenvalue weighted by Gasteiger charge is 2.33. The van der Waals surface area contributed by atoms with Crippen LogP contribution in [0.1, 0.15) is 37.7 Å². The van der Waals surface area contributed by atoms with Crippen molar-refractivity contribution in [1.29, 1.82) is 0 Å². The maximum Gasteiger partial charge on any atom is -0.0257 e. The van der Waals surface area contributed by atoms with E-state index in [9.17, 15) is 0 Å². The first kappa shape index (κ1) is 9.21. The highest BCUT2D eigenvalue weighted by Crippen LogP contribution is 2.46. The van der Waals surface area contributed by atoms with Gasteiger partial charge < -0.3 is 0 Å². The van der Waals surface area contributed by atoms with Crippen molar-refractivity contribution in [2.24, 2.45) is 11.8 Å². The molecule has 0 aromatic heterocycles. The zero-order chi connectivity index (χ0) is 10.1. The lowest BCUT2D eigenvalue weighted by atomic mass is 10.0. The minimum absolute atomic E-state index is 1.03. The maximum absolute atomic E-state index is 2.42. The van der Waals surface area contributed by atoms with Gasteiger partial charge in [-0.15, -0.1) is 0 Å². The quantitative estimate of drug-likeness (QED) is 0.632. The van der Waals surface area contributed by atoms with Crippen LogP contribution in [0.5, 0.6) is 0 Å². The van der Waals surface area contributed by atoms with E-state index in [1.54, 1.807) is 5.57 Å². The maximum atomic E-state index is 2.42. The molecule has 0 spiro atoms. The van der Waals surface area contributed by atoms with E-state index >= 15 is 0 Å². The van der Waals surface area contributed by atoms with Crippen LogP contribution in [0.4, 0.5) is 0 Å². The summed E-state index contributed by atoms with van der Waals surface area (Å²) in [6, 6.07) is 10.8. The van der Waals surface area contributed by atoms with E-state index in [1.165, 1.54) is 37.7 Å². The first-order valence-electron chi connectivity index (χ1n) is 6.16. The van der Waals surface area contributed by atoms with Crippen LogP contribution >= 0.6 is 0 Å². The lowest BCUT2D eigenvalue weighted by Gasteiger charge is -2.04. The summed E-state index contributed by atoms with van der Waals surface area (Å²) in [5.74, 6) is 2.06. The van der Waals surface area contributed by atoms with E-state index in [4.69, 9.17) is 0 Å². The molecule has 0 heteroatoms. The Hall–Kier alpha value is -1.04. The van der Waals surface area contributed by atoms with E-state index in [0.29, 0.717) is 0 Å². The SMILES string of the molecule is C(=C1C[C@H]2CCC[C@H]2C1)c1ccccc1. The molecule has 1 aromatic rings. The van der Waals surface area contributed by atoms with Crippen molar-refractivity contribution in [3.05, 3.63) is 41.5 Å². The smallest absolute Gasteiger partial charge is 0.0257 e. The predicted molar refractivity (Wildman–Crippen MR) is 64.5 cm³/mol. The van der Waals surface area contributed by atoms with Gasteiger partial charge in [0.05, 0.1) is 0 Å². The Labute approximate surface area is 92.0 Å². The molecule has 0 bridgehead atoms. The van der Waals surface area contributed by atoms with E-state index in [0.717, 1.165) is 11.8 Å². The molecule has 2 aliphatic carbocycles. The summed E-state index contributed by atoms with van der Waals surface area (Å²) >= 11 is 0. The van der Waals surface area contributed by atoms with Gasteiger partial charge in [-0.2, -0.15) is 0 Å². The molecule has 3 rings (SSSR count). The molecular formula is C15H18. The molecule has 15 heavy (non-hydrogen) atoms. The van der Waals surface area contributed by atoms with Crippen LogP contribution in [-0.4, -0.2) is 0 Å². The standard InChI is InChI=1S/C15H18/c1-2-5-12(6-3-1)9-13-10-14-7-4-8-15(14)11-13/h1-3,5-6,9,14-15H,4,7-8,10-11H2/t14-,15+. The van der Waals surface area contributed by atoms with E-state index in [-0.39, 0.29) is 0 Å². The van der Waals surface area contributed by atoms with Crippen LogP contribution in [0, 0.1) is 11.8 Å². The van der Waals surface area contributed by atoms with Crippen LogP contribution in [-0.2, 0) is 0 Å². The van der Waals surface area contributed by atoms with E-state index < -0.39 is 0 Å². The van der Waals surface area contributed by atoms with Crippen LogP contribution in [0.3, 0.4) is 0 Å². The van der Waals surface area contributed by atoms with Gasteiger partial charge in [-0.3, -0.25) is 0 Å². The van der Waals surface area contributed by atoms with Gasteiger partial charge in [0.15, 0.2) is 0 Å². The number of hydrogen-bond donors (Lipinski definition) is 0. The van der Waals surface area contributed by atoms with Gasteiger partial charge in [0, 0.05) is 0 Å². The average molecular weight is 198 g/mol. The second kappa shape index (κ2) is 3.84. The molecule has 0 radical (unpaired) electrons. The Balaban J connectivity index is 1.77. The largest absolute Gasteiger partial charge is 0.0690 e. The minimum atomic E-state index is 1.03. The molecule has 78 valence electrons. The van der Waals surface area contributed by atoms with Gasteiger partial charge in [0.2, 0.25) is 0 Å². The van der Waals surface area contributed by atoms with Crippen molar-refractivity contribution in [2.75, 3.05) is 0 Å². The number of allylic oxidation sites excluding steroid dienone is 1. The molecule has 2 aliphatic rings. The lowest BCUT2D eigenvalue weighted by molar-refractivity contribution is 0.457. The molecule has 0 saturated heterocycles. The fourth-order valence-corrected chi connectivity index (χ4v) is 3.31. The van der Waals surface area contributed by atoms with Crippen LogP contribution in [0.25, 0.3) is 6.08 Å². The number of benzene rings is 1. The zero-order valence-electron chi connectivity index (χ0n) is 9.15. The Bertz CT molecular complexity index is 347. The van der Waals surface area contributed by atoms with Gasteiger partial charge >= 0.3 is 0 Å². The van der Waals surface area contributed by atoms with Crippen molar-refractivity contribution in [3.8, 4) is 0 Å². The van der Waals surface area contributed by atoms with E-state index in [1.807, 2.05) is 0 Å². The summed E-state index contributed by atoms with van der Waals surface area (Å²) < 4.78 is 0. The normalized spacial score (nSPS) is 32.1. The molecule has 0 N–H and O–H groups in total. The third kappa shape index (κ3) is 1.86. The van der Waals surface area contributed by atoms with Crippen molar-refractivity contribution in [1.82, 2.24) is 0 Å². The van der Waals surface area contributed by atoms with Gasteiger partial charge in [0.25, 0.3) is 0 Å². The molecule has 0 aliphatic heterocycles. The summed E-state index contributed by atoms with van der Waals surface area (Å²) in [6.07, 6.45) is 9.61. The van der Waals surface area contributed by atoms with Crippen LogP contribution in [0.15, 0.2) is 35.9 Å². The number of fused-ring (bicyclic) bond motifs is 1. The van der Waals surface area contributed by atoms with Gasteiger partial charge in [-0.25, -0.2) is 0 Å². The Morgan fingerprint density at radius 1 is 0.933 bits per heavy atom. The summed E-state index contributed by atoms with van der Waals surface area (Å²) in [7, 11) is 0. The third-order valence-electron chi connectivity index (χ3n) is 4.04. The van der Waals surface area contributed by atoms with Gasteiger partial charge in [-0.1, -0.05) is 48.4 Å². The molecule has 0 nitrogen and oxygen atoms in total. The Morgan fingerprint density at radius 2 is 1.60 bits per heavy atom. The van der Waals surface area contributed by atoms with Crippen molar-refractivity contribution in [3.63, 3.8) is 0 Å². The van der Waals surface area contributed by atoms with Crippen LogP contribution < -0.4 is 0 Å². The number of rotatable bonds is 1. The van der Waals surface area contributed by atoms with E-state index in [2.05, 4.69) is 36.4 Å². The van der Waals surface area contributed by atoms with Crippen molar-refractivity contribution < 1.29 is 0 Å². The Morgan fingerprint density at radius 3 is 2.27 bits per heavy atom. The molecule has 2 fully saturated rings. The zero-order valence-corrected chi connectivity index (χ0v) is 9.15. The third-order valence-corrected chi connectivity index (χ3v) is 4.04. The summed E-state index contributed by atoms with van der Waals surface area (Å²) in [5.41, 5.74) is 3.07. The summed E-state index contributed by atoms with van der Waals surface area (Å²) in [6.45, 7) is 0. The first-order chi connectivity index (χ1) is 7.42. The molecule has 0 unspecified atom stereocenters. The molecule has 2 atom stereocenters. The highest BCUT2D eigenvalue weighted by molar-refractivity contribution is 5.53. The molecule has 0 heterocycles. The minimum Gasteiger partial charge on any atom is -0.0690 e. The van der Waals surface area contributed by atoms with Crippen LogP contribution in [0.2, 0.25) is 0 Å². The predicted octanol–water partition coefficient (Wildman–Crippen LogP) is 4.28. The second-order valence-electron chi connectivity index (χ2n) is 5.07. The lowest BCUT2D eigenvalue weighted by Crippen LogP contribution is -1.95. The van der Waals surface area contributed by atoms with Crippen molar-refractivity contribution in [2.45, 2.75) is 32.1 Å². The van der Waals surface area contributed by atoms with Gasteiger partial charge in [0.1, 0.15) is 0 Å².